The molecular formula is C19H18N4O2. The number of aromatic hydroxyl groups is 1. The molecule has 0 spiro atoms. The Labute approximate surface area is 144 Å². The van der Waals surface area contributed by atoms with Crippen LogP contribution in [0.1, 0.15) is 16.8 Å². The quantitative estimate of drug-likeness (QED) is 0.766. The van der Waals surface area contributed by atoms with Gasteiger partial charge in [-0.15, -0.1) is 0 Å². The third-order valence-corrected chi connectivity index (χ3v) is 4.49. The van der Waals surface area contributed by atoms with Crippen molar-refractivity contribution in [1.29, 1.82) is 0 Å². The van der Waals surface area contributed by atoms with E-state index in [0.29, 0.717) is 31.1 Å². The number of phenols is 1. The molecule has 0 atom stereocenters. The van der Waals surface area contributed by atoms with Gasteiger partial charge in [0.2, 0.25) is 0 Å². The SMILES string of the molecule is O=c1[nH]c(-c2ccncc2)nc2c1CCN(Cc1ccccc1O)C2. The van der Waals surface area contributed by atoms with Crippen LogP contribution >= 0.6 is 0 Å². The van der Waals surface area contributed by atoms with Crippen molar-refractivity contribution in [3.63, 3.8) is 0 Å². The molecule has 0 radical (unpaired) electrons. The lowest BCUT2D eigenvalue weighted by molar-refractivity contribution is 0.237. The number of hydrogen-bond donors (Lipinski definition) is 2. The third kappa shape index (κ3) is 3.16. The number of hydrogen-bond acceptors (Lipinski definition) is 5. The molecule has 25 heavy (non-hydrogen) atoms. The van der Waals surface area contributed by atoms with Crippen molar-refractivity contribution >= 4 is 0 Å². The van der Waals surface area contributed by atoms with E-state index in [1.165, 1.54) is 0 Å². The number of H-pyrrole nitrogens is 1. The minimum absolute atomic E-state index is 0.0704. The van der Waals surface area contributed by atoms with Crippen LogP contribution in [0.4, 0.5) is 0 Å². The molecule has 6 nitrogen and oxygen atoms in total. The van der Waals surface area contributed by atoms with E-state index in [1.54, 1.807) is 18.5 Å². The van der Waals surface area contributed by atoms with Gasteiger partial charge in [-0.2, -0.15) is 0 Å². The van der Waals surface area contributed by atoms with Gasteiger partial charge in [0.25, 0.3) is 5.56 Å². The Bertz CT molecular complexity index is 953. The van der Waals surface area contributed by atoms with Gasteiger partial charge < -0.3 is 10.1 Å². The van der Waals surface area contributed by atoms with E-state index < -0.39 is 0 Å². The molecule has 2 aromatic heterocycles. The number of para-hydroxylation sites is 1. The average Bonchev–Trinajstić information content (AvgIpc) is 2.64. The van der Waals surface area contributed by atoms with E-state index in [1.807, 2.05) is 30.3 Å². The van der Waals surface area contributed by atoms with Crippen molar-refractivity contribution in [1.82, 2.24) is 19.9 Å². The summed E-state index contributed by atoms with van der Waals surface area (Å²) in [7, 11) is 0. The number of benzene rings is 1. The van der Waals surface area contributed by atoms with E-state index in [-0.39, 0.29) is 5.56 Å². The predicted molar refractivity (Wildman–Crippen MR) is 94.0 cm³/mol. The first-order valence-corrected chi connectivity index (χ1v) is 8.22. The molecule has 126 valence electrons. The molecule has 1 aliphatic heterocycles. The van der Waals surface area contributed by atoms with Crippen molar-refractivity contribution in [3.05, 3.63) is 76.0 Å². The molecule has 0 bridgehead atoms. The van der Waals surface area contributed by atoms with Gasteiger partial charge in [0.15, 0.2) is 0 Å². The lowest BCUT2D eigenvalue weighted by Gasteiger charge is -2.28. The first-order valence-electron chi connectivity index (χ1n) is 8.22. The number of rotatable bonds is 3. The molecule has 3 aromatic rings. The average molecular weight is 334 g/mol. The normalized spacial score (nSPS) is 14.2. The standard InChI is InChI=1S/C19H18N4O2/c24-17-4-2-1-3-14(17)11-23-10-7-15-16(12-23)21-18(22-19(15)25)13-5-8-20-9-6-13/h1-6,8-9,24H,7,10-12H2,(H,21,22,25). The van der Waals surface area contributed by atoms with Crippen LogP contribution in [0.5, 0.6) is 5.75 Å². The highest BCUT2D eigenvalue weighted by molar-refractivity contribution is 5.54. The number of fused-ring (bicyclic) bond motifs is 1. The molecule has 3 heterocycles. The second-order valence-corrected chi connectivity index (χ2v) is 6.17. The van der Waals surface area contributed by atoms with Crippen LogP contribution < -0.4 is 5.56 Å². The summed E-state index contributed by atoms with van der Waals surface area (Å²) < 4.78 is 0. The van der Waals surface area contributed by atoms with Crippen molar-refractivity contribution in [3.8, 4) is 17.1 Å². The molecule has 6 heteroatoms. The van der Waals surface area contributed by atoms with Crippen LogP contribution in [0.3, 0.4) is 0 Å². The summed E-state index contributed by atoms with van der Waals surface area (Å²) in [4.78, 5) is 26.1. The van der Waals surface area contributed by atoms with Crippen LogP contribution in [0, 0.1) is 0 Å². The van der Waals surface area contributed by atoms with Crippen molar-refractivity contribution < 1.29 is 5.11 Å². The summed E-state index contributed by atoms with van der Waals surface area (Å²) in [6.07, 6.45) is 4.01. The summed E-state index contributed by atoms with van der Waals surface area (Å²) in [6.45, 7) is 1.98. The van der Waals surface area contributed by atoms with E-state index in [2.05, 4.69) is 19.9 Å². The van der Waals surface area contributed by atoms with Gasteiger partial charge >= 0.3 is 0 Å². The van der Waals surface area contributed by atoms with Gasteiger partial charge in [-0.05, 0) is 24.6 Å². The van der Waals surface area contributed by atoms with Gasteiger partial charge in [0, 0.05) is 48.7 Å². The monoisotopic (exact) mass is 334 g/mol. The minimum atomic E-state index is -0.0704. The molecule has 0 saturated heterocycles. The number of nitrogens with zero attached hydrogens (tertiary/aromatic N) is 3. The Hall–Kier alpha value is -2.99. The fraction of sp³-hybridized carbons (Fsp3) is 0.211. The van der Waals surface area contributed by atoms with Crippen LogP contribution in [-0.4, -0.2) is 31.5 Å². The largest absolute Gasteiger partial charge is 0.508 e. The molecule has 0 saturated carbocycles. The maximum absolute atomic E-state index is 12.4. The van der Waals surface area contributed by atoms with Gasteiger partial charge in [-0.3, -0.25) is 14.7 Å². The van der Waals surface area contributed by atoms with Crippen LogP contribution in [0.2, 0.25) is 0 Å². The zero-order chi connectivity index (χ0) is 17.2. The predicted octanol–water partition coefficient (Wildman–Crippen LogP) is 2.10. The topological polar surface area (TPSA) is 82.1 Å². The molecule has 1 aliphatic rings. The first kappa shape index (κ1) is 15.5. The second-order valence-electron chi connectivity index (χ2n) is 6.17. The molecule has 2 N–H and O–H groups in total. The van der Waals surface area contributed by atoms with E-state index in [4.69, 9.17) is 0 Å². The van der Waals surface area contributed by atoms with Gasteiger partial charge in [-0.1, -0.05) is 18.2 Å². The highest BCUT2D eigenvalue weighted by atomic mass is 16.3. The summed E-state index contributed by atoms with van der Waals surface area (Å²) in [5.41, 5.74) is 3.21. The Morgan fingerprint density at radius 1 is 1.16 bits per heavy atom. The number of pyridine rings is 1. The zero-order valence-electron chi connectivity index (χ0n) is 13.6. The summed E-state index contributed by atoms with van der Waals surface area (Å²) in [5, 5.41) is 9.97. The van der Waals surface area contributed by atoms with Crippen LogP contribution in [-0.2, 0) is 19.5 Å². The Morgan fingerprint density at radius 3 is 2.76 bits per heavy atom. The van der Waals surface area contributed by atoms with Crippen molar-refractivity contribution in [2.75, 3.05) is 6.54 Å². The maximum atomic E-state index is 12.4. The van der Waals surface area contributed by atoms with Crippen LogP contribution in [0.25, 0.3) is 11.4 Å². The van der Waals surface area contributed by atoms with Gasteiger partial charge in [-0.25, -0.2) is 4.98 Å². The van der Waals surface area contributed by atoms with Crippen molar-refractivity contribution in [2.24, 2.45) is 0 Å². The smallest absolute Gasteiger partial charge is 0.254 e. The van der Waals surface area contributed by atoms with Crippen molar-refractivity contribution in [2.45, 2.75) is 19.5 Å². The Morgan fingerprint density at radius 2 is 1.96 bits per heavy atom. The van der Waals surface area contributed by atoms with Crippen LogP contribution in [0.15, 0.2) is 53.6 Å². The lowest BCUT2D eigenvalue weighted by atomic mass is 10.0. The van der Waals surface area contributed by atoms with E-state index in [9.17, 15) is 9.90 Å². The number of phenolic OH excluding ortho intramolecular Hbond substituents is 1. The zero-order valence-corrected chi connectivity index (χ0v) is 13.6. The molecule has 0 aliphatic carbocycles. The first-order chi connectivity index (χ1) is 12.2. The van der Waals surface area contributed by atoms with Gasteiger partial charge in [0.05, 0.1) is 5.69 Å². The summed E-state index contributed by atoms with van der Waals surface area (Å²) in [6, 6.07) is 11.0. The minimum Gasteiger partial charge on any atom is -0.508 e. The molecule has 0 fully saturated rings. The maximum Gasteiger partial charge on any atom is 0.254 e. The fourth-order valence-corrected chi connectivity index (χ4v) is 3.16. The second kappa shape index (κ2) is 6.49. The third-order valence-electron chi connectivity index (χ3n) is 4.49. The highest BCUT2D eigenvalue weighted by Crippen LogP contribution is 2.22. The Kier molecular flexibility index (Phi) is 4.03. The lowest BCUT2D eigenvalue weighted by Crippen LogP contribution is -2.35. The van der Waals surface area contributed by atoms with Gasteiger partial charge in [0.1, 0.15) is 11.6 Å². The van der Waals surface area contributed by atoms with E-state index >= 15 is 0 Å². The highest BCUT2D eigenvalue weighted by Gasteiger charge is 2.22. The number of aromatic nitrogens is 3. The molecule has 0 amide bonds. The van der Waals surface area contributed by atoms with E-state index in [0.717, 1.165) is 28.9 Å². The fourth-order valence-electron chi connectivity index (χ4n) is 3.16. The molecule has 0 unspecified atom stereocenters. The summed E-state index contributed by atoms with van der Waals surface area (Å²) in [5.74, 6) is 0.861. The molecule has 1 aromatic carbocycles. The molecular weight excluding hydrogens is 316 g/mol. The number of aromatic amines is 1. The molecule has 4 rings (SSSR count). The number of nitrogens with one attached hydrogen (secondary N) is 1. The summed E-state index contributed by atoms with van der Waals surface area (Å²) >= 11 is 0. The Balaban J connectivity index is 1.63.